The van der Waals surface area contributed by atoms with Crippen molar-refractivity contribution in [2.75, 3.05) is 44.2 Å². The number of piperazine rings is 1. The Labute approximate surface area is 134 Å². The molecule has 0 unspecified atom stereocenters. The van der Waals surface area contributed by atoms with Crippen LogP contribution in [0.2, 0.25) is 5.02 Å². The van der Waals surface area contributed by atoms with E-state index in [2.05, 4.69) is 41.1 Å². The second-order valence-electron chi connectivity index (χ2n) is 5.77. The second-order valence-corrected chi connectivity index (χ2v) is 6.21. The molecule has 0 aromatic heterocycles. The Kier molecular flexibility index (Phi) is 6.81. The zero-order valence-electron chi connectivity index (χ0n) is 13.3. The van der Waals surface area contributed by atoms with Gasteiger partial charge in [-0.3, -0.25) is 4.90 Å². The first-order valence-corrected chi connectivity index (χ1v) is 8.57. The largest absolute Gasteiger partial charge is 0.369 e. The Hall–Kier alpha value is -0.770. The Balaban J connectivity index is 1.69. The van der Waals surface area contributed by atoms with Crippen molar-refractivity contribution in [1.29, 1.82) is 0 Å². The second kappa shape index (κ2) is 8.62. The number of hydrogen-bond donors (Lipinski definition) is 1. The summed E-state index contributed by atoms with van der Waals surface area (Å²) in [5.74, 6) is 0. The van der Waals surface area contributed by atoms with E-state index in [1.807, 2.05) is 12.1 Å². The third kappa shape index (κ3) is 5.17. The van der Waals surface area contributed by atoms with E-state index in [-0.39, 0.29) is 0 Å². The fourth-order valence-corrected chi connectivity index (χ4v) is 3.01. The summed E-state index contributed by atoms with van der Waals surface area (Å²) >= 11 is 5.95. The van der Waals surface area contributed by atoms with Crippen LogP contribution >= 0.6 is 11.6 Å². The van der Waals surface area contributed by atoms with E-state index >= 15 is 0 Å². The van der Waals surface area contributed by atoms with Gasteiger partial charge in [-0.25, -0.2) is 0 Å². The van der Waals surface area contributed by atoms with Gasteiger partial charge in [0, 0.05) is 56.0 Å². The standard InChI is InChI=1S/C17H28ClN3/c1-3-16(4-2)19-9-10-20-11-13-21(14-12-20)17-7-5-15(18)6-8-17/h5-8,16,19H,3-4,9-14H2,1-2H3. The van der Waals surface area contributed by atoms with E-state index in [1.54, 1.807) is 0 Å². The van der Waals surface area contributed by atoms with Crippen molar-refractivity contribution in [3.05, 3.63) is 29.3 Å². The fourth-order valence-electron chi connectivity index (χ4n) is 2.89. The van der Waals surface area contributed by atoms with Gasteiger partial charge in [-0.05, 0) is 37.1 Å². The highest BCUT2D eigenvalue weighted by atomic mass is 35.5. The lowest BCUT2D eigenvalue weighted by atomic mass is 10.2. The molecule has 4 heteroatoms. The minimum Gasteiger partial charge on any atom is -0.369 e. The lowest BCUT2D eigenvalue weighted by molar-refractivity contribution is 0.253. The molecule has 0 aliphatic carbocycles. The van der Waals surface area contributed by atoms with Crippen LogP contribution in [-0.4, -0.2) is 50.2 Å². The van der Waals surface area contributed by atoms with Crippen LogP contribution in [0.15, 0.2) is 24.3 Å². The summed E-state index contributed by atoms with van der Waals surface area (Å²) in [6, 6.07) is 8.87. The number of nitrogens with one attached hydrogen (secondary N) is 1. The molecule has 0 spiro atoms. The molecule has 1 fully saturated rings. The highest BCUT2D eigenvalue weighted by molar-refractivity contribution is 6.30. The van der Waals surface area contributed by atoms with Gasteiger partial charge in [-0.15, -0.1) is 0 Å². The Bertz CT molecular complexity index is 395. The third-order valence-corrected chi connectivity index (χ3v) is 4.66. The van der Waals surface area contributed by atoms with Crippen LogP contribution in [0.3, 0.4) is 0 Å². The number of halogens is 1. The van der Waals surface area contributed by atoms with Gasteiger partial charge in [0.2, 0.25) is 0 Å². The molecule has 0 atom stereocenters. The van der Waals surface area contributed by atoms with Crippen molar-refractivity contribution >= 4 is 17.3 Å². The number of benzene rings is 1. The molecule has 0 amide bonds. The molecule has 1 aromatic rings. The predicted octanol–water partition coefficient (Wildman–Crippen LogP) is 3.24. The Morgan fingerprint density at radius 2 is 1.67 bits per heavy atom. The summed E-state index contributed by atoms with van der Waals surface area (Å²) in [5.41, 5.74) is 1.29. The van der Waals surface area contributed by atoms with Gasteiger partial charge in [-0.1, -0.05) is 25.4 Å². The van der Waals surface area contributed by atoms with Gasteiger partial charge in [-0.2, -0.15) is 0 Å². The van der Waals surface area contributed by atoms with Crippen molar-refractivity contribution < 1.29 is 0 Å². The van der Waals surface area contributed by atoms with Crippen molar-refractivity contribution in [1.82, 2.24) is 10.2 Å². The maximum atomic E-state index is 5.95. The third-order valence-electron chi connectivity index (χ3n) is 4.41. The van der Waals surface area contributed by atoms with Gasteiger partial charge >= 0.3 is 0 Å². The molecule has 1 heterocycles. The Morgan fingerprint density at radius 1 is 1.05 bits per heavy atom. The van der Waals surface area contributed by atoms with Crippen molar-refractivity contribution in [3.63, 3.8) is 0 Å². The van der Waals surface area contributed by atoms with E-state index in [4.69, 9.17) is 11.6 Å². The van der Waals surface area contributed by atoms with Crippen LogP contribution in [0.25, 0.3) is 0 Å². The molecule has 21 heavy (non-hydrogen) atoms. The average molecular weight is 310 g/mol. The normalized spacial score (nSPS) is 16.7. The fraction of sp³-hybridized carbons (Fsp3) is 0.647. The molecule has 118 valence electrons. The first kappa shape index (κ1) is 16.6. The van der Waals surface area contributed by atoms with Crippen LogP contribution in [0.5, 0.6) is 0 Å². The quantitative estimate of drug-likeness (QED) is 0.834. The maximum Gasteiger partial charge on any atom is 0.0407 e. The van der Waals surface area contributed by atoms with Gasteiger partial charge in [0.05, 0.1) is 0 Å². The molecular weight excluding hydrogens is 282 g/mol. The number of rotatable bonds is 7. The first-order chi connectivity index (χ1) is 10.2. The van der Waals surface area contributed by atoms with E-state index in [9.17, 15) is 0 Å². The lowest BCUT2D eigenvalue weighted by Gasteiger charge is -2.36. The van der Waals surface area contributed by atoms with Gasteiger partial charge < -0.3 is 10.2 Å². The topological polar surface area (TPSA) is 18.5 Å². The number of anilines is 1. The SMILES string of the molecule is CCC(CC)NCCN1CCN(c2ccc(Cl)cc2)CC1. The lowest BCUT2D eigenvalue weighted by Crippen LogP contribution is -2.48. The molecule has 0 radical (unpaired) electrons. The Morgan fingerprint density at radius 3 is 2.24 bits per heavy atom. The maximum absolute atomic E-state index is 5.95. The van der Waals surface area contributed by atoms with E-state index < -0.39 is 0 Å². The number of hydrogen-bond acceptors (Lipinski definition) is 3. The van der Waals surface area contributed by atoms with E-state index in [0.29, 0.717) is 6.04 Å². The van der Waals surface area contributed by atoms with Crippen molar-refractivity contribution in [2.45, 2.75) is 32.7 Å². The zero-order valence-corrected chi connectivity index (χ0v) is 14.1. The van der Waals surface area contributed by atoms with Crippen LogP contribution in [0.1, 0.15) is 26.7 Å². The highest BCUT2D eigenvalue weighted by Gasteiger charge is 2.16. The molecular formula is C17H28ClN3. The molecule has 1 aromatic carbocycles. The van der Waals surface area contributed by atoms with Gasteiger partial charge in [0.25, 0.3) is 0 Å². The van der Waals surface area contributed by atoms with E-state index in [0.717, 1.165) is 44.3 Å². The summed E-state index contributed by atoms with van der Waals surface area (Å²) in [6.07, 6.45) is 2.45. The molecule has 1 saturated heterocycles. The molecule has 0 bridgehead atoms. The molecule has 3 nitrogen and oxygen atoms in total. The van der Waals surface area contributed by atoms with Crippen LogP contribution in [0.4, 0.5) is 5.69 Å². The molecule has 0 saturated carbocycles. The monoisotopic (exact) mass is 309 g/mol. The predicted molar refractivity (Wildman–Crippen MR) is 92.5 cm³/mol. The van der Waals surface area contributed by atoms with Crippen molar-refractivity contribution in [2.24, 2.45) is 0 Å². The smallest absolute Gasteiger partial charge is 0.0407 e. The summed E-state index contributed by atoms with van der Waals surface area (Å²) < 4.78 is 0. The summed E-state index contributed by atoms with van der Waals surface area (Å²) in [5, 5.41) is 4.46. The summed E-state index contributed by atoms with van der Waals surface area (Å²) in [4.78, 5) is 5.00. The minimum absolute atomic E-state index is 0.681. The summed E-state index contributed by atoms with van der Waals surface area (Å²) in [6.45, 7) is 11.3. The van der Waals surface area contributed by atoms with Gasteiger partial charge in [0.1, 0.15) is 0 Å². The summed E-state index contributed by atoms with van der Waals surface area (Å²) in [7, 11) is 0. The van der Waals surface area contributed by atoms with Gasteiger partial charge in [0.15, 0.2) is 0 Å². The molecule has 1 aliphatic rings. The van der Waals surface area contributed by atoms with Crippen molar-refractivity contribution in [3.8, 4) is 0 Å². The zero-order chi connectivity index (χ0) is 15.1. The first-order valence-electron chi connectivity index (χ1n) is 8.19. The number of nitrogens with zero attached hydrogens (tertiary/aromatic N) is 2. The van der Waals surface area contributed by atoms with Crippen LogP contribution < -0.4 is 10.2 Å². The average Bonchev–Trinajstić information content (AvgIpc) is 2.53. The van der Waals surface area contributed by atoms with E-state index in [1.165, 1.54) is 18.5 Å². The molecule has 2 rings (SSSR count). The highest BCUT2D eigenvalue weighted by Crippen LogP contribution is 2.19. The molecule has 1 N–H and O–H groups in total. The molecule has 1 aliphatic heterocycles. The minimum atomic E-state index is 0.681. The van der Waals surface area contributed by atoms with Crippen LogP contribution in [0, 0.1) is 0 Å². The van der Waals surface area contributed by atoms with Crippen LogP contribution in [-0.2, 0) is 0 Å².